The molecule has 0 radical (unpaired) electrons. The second-order valence-electron chi connectivity index (χ2n) is 9.60. The number of methoxy groups -OCH3 is 1. The maximum atomic E-state index is 13.3. The molecule has 1 aliphatic heterocycles. The fourth-order valence-electron chi connectivity index (χ4n) is 5.26. The summed E-state index contributed by atoms with van der Waals surface area (Å²) in [4.78, 5) is 19.5. The van der Waals surface area contributed by atoms with Gasteiger partial charge in [-0.05, 0) is 92.3 Å². The van der Waals surface area contributed by atoms with E-state index in [1.165, 1.54) is 24.3 Å². The Morgan fingerprint density at radius 1 is 1.15 bits per heavy atom. The van der Waals surface area contributed by atoms with Crippen molar-refractivity contribution in [3.63, 3.8) is 0 Å². The van der Waals surface area contributed by atoms with Crippen molar-refractivity contribution < 1.29 is 13.9 Å². The second-order valence-corrected chi connectivity index (χ2v) is 10.4. The number of amides is 1. The molecular weight excluding hydrogens is 549 g/mol. The maximum Gasteiger partial charge on any atom is 0.226 e. The molecule has 1 amide bonds. The number of pyridine rings is 1. The number of anilines is 1. The molecule has 40 heavy (non-hydrogen) atoms. The molecule has 0 spiro atoms. The van der Waals surface area contributed by atoms with Crippen molar-refractivity contribution in [1.82, 2.24) is 19.8 Å². The highest BCUT2D eigenvalue weighted by Crippen LogP contribution is 2.42. The van der Waals surface area contributed by atoms with Gasteiger partial charge >= 0.3 is 0 Å². The molecule has 1 fully saturated rings. The van der Waals surface area contributed by atoms with Crippen LogP contribution in [-0.4, -0.2) is 39.1 Å². The van der Waals surface area contributed by atoms with E-state index < -0.39 is 0 Å². The van der Waals surface area contributed by atoms with Crippen LogP contribution in [-0.2, 0) is 4.79 Å². The van der Waals surface area contributed by atoms with Crippen molar-refractivity contribution in [3.05, 3.63) is 106 Å². The molecular formula is C30H29ClFN5O2S. The van der Waals surface area contributed by atoms with Crippen molar-refractivity contribution in [2.24, 2.45) is 0 Å². The molecule has 5 rings (SSSR count). The Bertz CT molecular complexity index is 1540. The summed E-state index contributed by atoms with van der Waals surface area (Å²) in [7, 11) is 1.64. The van der Waals surface area contributed by atoms with Crippen molar-refractivity contribution in [2.45, 2.75) is 32.4 Å². The van der Waals surface area contributed by atoms with Gasteiger partial charge in [0.2, 0.25) is 5.91 Å². The number of nitrogens with one attached hydrogen (secondary N) is 2. The van der Waals surface area contributed by atoms with E-state index in [0.717, 1.165) is 28.3 Å². The number of rotatable bonds is 8. The monoisotopic (exact) mass is 577 g/mol. The molecule has 0 saturated carbocycles. The lowest BCUT2D eigenvalue weighted by atomic mass is 9.96. The number of hydrogen-bond donors (Lipinski definition) is 2. The van der Waals surface area contributed by atoms with Crippen molar-refractivity contribution in [3.8, 4) is 11.4 Å². The van der Waals surface area contributed by atoms with Gasteiger partial charge in [0, 0.05) is 41.3 Å². The minimum atomic E-state index is -0.358. The third-order valence-corrected chi connectivity index (χ3v) is 7.66. The molecule has 7 nitrogen and oxygen atoms in total. The third kappa shape index (κ3) is 5.52. The number of aromatic nitrogens is 2. The van der Waals surface area contributed by atoms with E-state index in [1.54, 1.807) is 19.4 Å². The number of hydrogen-bond acceptors (Lipinski definition) is 4. The van der Waals surface area contributed by atoms with Gasteiger partial charge in [-0.1, -0.05) is 17.7 Å². The first-order valence-corrected chi connectivity index (χ1v) is 13.6. The normalized spacial score (nSPS) is 16.6. The van der Waals surface area contributed by atoms with Crippen LogP contribution in [0.2, 0.25) is 5.02 Å². The van der Waals surface area contributed by atoms with E-state index in [4.69, 9.17) is 28.6 Å². The molecule has 4 aromatic rings. The van der Waals surface area contributed by atoms with E-state index in [-0.39, 0.29) is 30.2 Å². The number of nitrogens with zero attached hydrogens (tertiary/aromatic N) is 3. The standard InChI is InChI=1S/C30H29ClFN5O2S/c1-18-16-23(19(2)37(18)25-17-20(31)7-12-26(25)39-3)29-28(24-6-4-5-14-33-24)35-30(40)36(29)15-13-27(38)34-22-10-8-21(32)9-11-22/h4-12,14,16-17,28-29H,13,15H2,1-3H3,(H,34,38)(H,35,40). The first-order valence-electron chi connectivity index (χ1n) is 12.8. The Hall–Kier alpha value is -3.95. The molecule has 1 aliphatic rings. The number of carbonyl (C=O) groups excluding carboxylic acids is 1. The molecule has 2 aromatic heterocycles. The molecule has 0 aliphatic carbocycles. The summed E-state index contributed by atoms with van der Waals surface area (Å²) in [5, 5.41) is 7.42. The average Bonchev–Trinajstić information content (AvgIpc) is 3.43. The molecule has 2 atom stereocenters. The van der Waals surface area contributed by atoms with E-state index in [0.29, 0.717) is 28.1 Å². The zero-order valence-electron chi connectivity index (χ0n) is 22.3. The van der Waals surface area contributed by atoms with Gasteiger partial charge in [0.1, 0.15) is 11.6 Å². The second kappa shape index (κ2) is 11.7. The summed E-state index contributed by atoms with van der Waals surface area (Å²) in [6.45, 7) is 4.46. The average molecular weight is 578 g/mol. The minimum absolute atomic E-state index is 0.186. The highest BCUT2D eigenvalue weighted by Gasteiger charge is 2.41. The number of benzene rings is 2. The zero-order chi connectivity index (χ0) is 28.4. The molecule has 0 bridgehead atoms. The van der Waals surface area contributed by atoms with Gasteiger partial charge in [-0.3, -0.25) is 9.78 Å². The topological polar surface area (TPSA) is 71.4 Å². The molecule has 10 heteroatoms. The molecule has 206 valence electrons. The maximum absolute atomic E-state index is 13.3. The summed E-state index contributed by atoms with van der Waals surface area (Å²) < 4.78 is 21.0. The predicted octanol–water partition coefficient (Wildman–Crippen LogP) is 6.29. The third-order valence-electron chi connectivity index (χ3n) is 7.08. The van der Waals surface area contributed by atoms with Gasteiger partial charge in [0.05, 0.1) is 30.6 Å². The number of ether oxygens (including phenoxy) is 1. The fourth-order valence-corrected chi connectivity index (χ4v) is 5.76. The Labute approximate surface area is 242 Å². The lowest BCUT2D eigenvalue weighted by molar-refractivity contribution is -0.116. The van der Waals surface area contributed by atoms with Crippen LogP contribution in [0.5, 0.6) is 5.75 Å². The van der Waals surface area contributed by atoms with Crippen LogP contribution in [0.4, 0.5) is 10.1 Å². The summed E-state index contributed by atoms with van der Waals surface area (Å²) in [6, 6.07) is 18.7. The summed E-state index contributed by atoms with van der Waals surface area (Å²) in [5.41, 5.74) is 5.26. The molecule has 2 aromatic carbocycles. The van der Waals surface area contributed by atoms with Crippen LogP contribution < -0.4 is 15.4 Å². The Morgan fingerprint density at radius 3 is 2.62 bits per heavy atom. The predicted molar refractivity (Wildman–Crippen MR) is 159 cm³/mol. The Morgan fingerprint density at radius 2 is 1.93 bits per heavy atom. The smallest absolute Gasteiger partial charge is 0.226 e. The Kier molecular flexibility index (Phi) is 8.04. The van der Waals surface area contributed by atoms with Crippen molar-refractivity contribution >= 4 is 40.5 Å². The van der Waals surface area contributed by atoms with Crippen LogP contribution >= 0.6 is 23.8 Å². The zero-order valence-corrected chi connectivity index (χ0v) is 23.9. The van der Waals surface area contributed by atoms with Gasteiger partial charge in [-0.2, -0.15) is 0 Å². The highest BCUT2D eigenvalue weighted by molar-refractivity contribution is 7.80. The Balaban J connectivity index is 1.49. The molecule has 2 N–H and O–H groups in total. The van der Waals surface area contributed by atoms with Crippen LogP contribution in [0.1, 0.15) is 41.1 Å². The molecule has 2 unspecified atom stereocenters. The van der Waals surface area contributed by atoms with Gasteiger partial charge in [-0.25, -0.2) is 4.39 Å². The van der Waals surface area contributed by atoms with Gasteiger partial charge in [-0.15, -0.1) is 0 Å². The number of thiocarbonyl (C=S) groups is 1. The van der Waals surface area contributed by atoms with E-state index in [2.05, 4.69) is 33.2 Å². The summed E-state index contributed by atoms with van der Waals surface area (Å²) in [6.07, 6.45) is 1.95. The number of halogens is 2. The minimum Gasteiger partial charge on any atom is -0.495 e. The quantitative estimate of drug-likeness (QED) is 0.240. The van der Waals surface area contributed by atoms with Crippen molar-refractivity contribution in [2.75, 3.05) is 19.0 Å². The first-order chi connectivity index (χ1) is 19.3. The molecule has 3 heterocycles. The lowest BCUT2D eigenvalue weighted by Gasteiger charge is -2.28. The summed E-state index contributed by atoms with van der Waals surface area (Å²) in [5.74, 6) is 0.153. The van der Waals surface area contributed by atoms with Crippen LogP contribution in [0.25, 0.3) is 5.69 Å². The van der Waals surface area contributed by atoms with Gasteiger partial charge in [0.15, 0.2) is 5.11 Å². The van der Waals surface area contributed by atoms with Crippen molar-refractivity contribution in [1.29, 1.82) is 0 Å². The summed E-state index contributed by atoms with van der Waals surface area (Å²) >= 11 is 12.2. The van der Waals surface area contributed by atoms with E-state index >= 15 is 0 Å². The van der Waals surface area contributed by atoms with Crippen LogP contribution in [0.3, 0.4) is 0 Å². The first kappa shape index (κ1) is 27.6. The fraction of sp³-hybridized carbons (Fsp3) is 0.233. The largest absolute Gasteiger partial charge is 0.495 e. The van der Waals surface area contributed by atoms with Gasteiger partial charge in [0.25, 0.3) is 0 Å². The SMILES string of the molecule is COc1ccc(Cl)cc1-n1c(C)cc(C2C(c3ccccn3)NC(=S)N2CCC(=O)Nc2ccc(F)cc2)c1C. The van der Waals surface area contributed by atoms with Crippen LogP contribution in [0, 0.1) is 19.7 Å². The number of carbonyl (C=O) groups is 1. The lowest BCUT2D eigenvalue weighted by Crippen LogP contribution is -2.32. The highest BCUT2D eigenvalue weighted by atomic mass is 35.5. The van der Waals surface area contributed by atoms with E-state index in [1.807, 2.05) is 42.2 Å². The van der Waals surface area contributed by atoms with Crippen LogP contribution in [0.15, 0.2) is 72.9 Å². The van der Waals surface area contributed by atoms with Gasteiger partial charge < -0.3 is 24.8 Å². The molecule has 1 saturated heterocycles. The van der Waals surface area contributed by atoms with E-state index in [9.17, 15) is 9.18 Å². The number of aryl methyl sites for hydroxylation is 1.